The van der Waals surface area contributed by atoms with E-state index in [-0.39, 0.29) is 18.3 Å². The van der Waals surface area contributed by atoms with Crippen molar-refractivity contribution in [2.24, 2.45) is 5.73 Å². The zero-order valence-corrected chi connectivity index (χ0v) is 14.3. The molecule has 0 bridgehead atoms. The molecule has 1 aromatic rings. The van der Waals surface area contributed by atoms with Gasteiger partial charge < -0.3 is 15.8 Å². The standard InChI is InChI=1S/C15H24N2O2S.ClH/c1-12-4-6-13(7-5-12)19-10-3-9-17-15(18)14(16)8-11-20-2;/h4-7,14H,3,8-11,16H2,1-2H3,(H,17,18);1H/t14-;/m0./s1. The van der Waals surface area contributed by atoms with Crippen LogP contribution < -0.4 is 15.8 Å². The molecule has 21 heavy (non-hydrogen) atoms. The summed E-state index contributed by atoms with van der Waals surface area (Å²) >= 11 is 1.70. The summed E-state index contributed by atoms with van der Waals surface area (Å²) in [5.74, 6) is 1.69. The van der Waals surface area contributed by atoms with E-state index in [1.54, 1.807) is 11.8 Å². The number of ether oxygens (including phenoxy) is 1. The Morgan fingerprint density at radius 3 is 2.67 bits per heavy atom. The summed E-state index contributed by atoms with van der Waals surface area (Å²) in [5.41, 5.74) is 6.98. The lowest BCUT2D eigenvalue weighted by atomic mass is 10.2. The zero-order valence-electron chi connectivity index (χ0n) is 12.6. The van der Waals surface area contributed by atoms with Gasteiger partial charge in [0.15, 0.2) is 0 Å². The molecule has 0 radical (unpaired) electrons. The average molecular weight is 333 g/mol. The molecule has 0 aliphatic rings. The van der Waals surface area contributed by atoms with Crippen LogP contribution in [0.15, 0.2) is 24.3 Å². The molecule has 0 aliphatic heterocycles. The van der Waals surface area contributed by atoms with Crippen LogP contribution in [0.2, 0.25) is 0 Å². The molecule has 0 aromatic heterocycles. The van der Waals surface area contributed by atoms with E-state index in [9.17, 15) is 4.79 Å². The van der Waals surface area contributed by atoms with Crippen LogP contribution in [-0.2, 0) is 4.79 Å². The van der Waals surface area contributed by atoms with Gasteiger partial charge in [-0.2, -0.15) is 11.8 Å². The minimum Gasteiger partial charge on any atom is -0.494 e. The fraction of sp³-hybridized carbons (Fsp3) is 0.533. The Bertz CT molecular complexity index is 401. The lowest BCUT2D eigenvalue weighted by Crippen LogP contribution is -2.41. The number of nitrogens with two attached hydrogens (primary N) is 1. The van der Waals surface area contributed by atoms with Crippen molar-refractivity contribution >= 4 is 30.1 Å². The van der Waals surface area contributed by atoms with Crippen LogP contribution in [0.3, 0.4) is 0 Å². The predicted molar refractivity (Wildman–Crippen MR) is 92.5 cm³/mol. The van der Waals surface area contributed by atoms with Gasteiger partial charge in [0.25, 0.3) is 0 Å². The molecule has 0 aliphatic carbocycles. The molecule has 0 fully saturated rings. The first kappa shape index (κ1) is 20.1. The van der Waals surface area contributed by atoms with Crippen molar-refractivity contribution in [2.45, 2.75) is 25.8 Å². The van der Waals surface area contributed by atoms with Crippen LogP contribution in [0.25, 0.3) is 0 Å². The topological polar surface area (TPSA) is 64.4 Å². The summed E-state index contributed by atoms with van der Waals surface area (Å²) in [6.07, 6.45) is 3.49. The monoisotopic (exact) mass is 332 g/mol. The molecule has 3 N–H and O–H groups in total. The highest BCUT2D eigenvalue weighted by atomic mass is 35.5. The van der Waals surface area contributed by atoms with Gasteiger partial charge in [-0.3, -0.25) is 4.79 Å². The second-order valence-corrected chi connectivity index (χ2v) is 5.68. The Balaban J connectivity index is 0.00000400. The number of aryl methyl sites for hydroxylation is 1. The third-order valence-corrected chi connectivity index (χ3v) is 3.52. The summed E-state index contributed by atoms with van der Waals surface area (Å²) in [6.45, 7) is 3.22. The quantitative estimate of drug-likeness (QED) is 0.681. The van der Waals surface area contributed by atoms with Crippen LogP contribution >= 0.6 is 24.2 Å². The van der Waals surface area contributed by atoms with Crippen molar-refractivity contribution in [3.05, 3.63) is 29.8 Å². The first-order valence-electron chi connectivity index (χ1n) is 6.85. The number of nitrogens with one attached hydrogen (secondary N) is 1. The minimum atomic E-state index is -0.402. The smallest absolute Gasteiger partial charge is 0.236 e. The fourth-order valence-corrected chi connectivity index (χ4v) is 2.10. The SMILES string of the molecule is CSCC[C@H](N)C(=O)NCCCOc1ccc(C)cc1.Cl. The van der Waals surface area contributed by atoms with Crippen LogP contribution in [0.4, 0.5) is 0 Å². The number of benzene rings is 1. The van der Waals surface area contributed by atoms with Gasteiger partial charge in [0.1, 0.15) is 5.75 Å². The maximum Gasteiger partial charge on any atom is 0.236 e. The average Bonchev–Trinajstić information content (AvgIpc) is 2.46. The summed E-state index contributed by atoms with van der Waals surface area (Å²) in [5, 5.41) is 2.83. The number of carbonyl (C=O) groups is 1. The highest BCUT2D eigenvalue weighted by molar-refractivity contribution is 7.98. The molecule has 120 valence electrons. The highest BCUT2D eigenvalue weighted by Gasteiger charge is 2.11. The van der Waals surface area contributed by atoms with E-state index < -0.39 is 6.04 Å². The molecule has 0 saturated carbocycles. The second-order valence-electron chi connectivity index (χ2n) is 4.69. The van der Waals surface area contributed by atoms with Gasteiger partial charge in [-0.05, 0) is 43.9 Å². The van der Waals surface area contributed by atoms with Gasteiger partial charge in [0, 0.05) is 6.54 Å². The molecule has 4 nitrogen and oxygen atoms in total. The van der Waals surface area contributed by atoms with E-state index in [1.165, 1.54) is 5.56 Å². The van der Waals surface area contributed by atoms with Crippen LogP contribution in [0, 0.1) is 6.92 Å². The van der Waals surface area contributed by atoms with E-state index in [0.29, 0.717) is 19.6 Å². The maximum atomic E-state index is 11.6. The largest absolute Gasteiger partial charge is 0.494 e. The summed E-state index contributed by atoms with van der Waals surface area (Å²) in [6, 6.07) is 7.53. The Kier molecular flexibility index (Phi) is 11.2. The number of hydrogen-bond acceptors (Lipinski definition) is 4. The molecule has 1 amide bonds. The molecular formula is C15H25ClN2O2S. The molecule has 0 heterocycles. The minimum absolute atomic E-state index is 0. The molecule has 0 unspecified atom stereocenters. The molecular weight excluding hydrogens is 308 g/mol. The molecule has 1 rings (SSSR count). The van der Waals surface area contributed by atoms with E-state index in [1.807, 2.05) is 37.4 Å². The molecule has 0 spiro atoms. The zero-order chi connectivity index (χ0) is 14.8. The second kappa shape index (κ2) is 11.7. The third kappa shape index (κ3) is 8.86. The Labute approximate surface area is 137 Å². The predicted octanol–water partition coefficient (Wildman–Crippen LogP) is 2.38. The van der Waals surface area contributed by atoms with Crippen LogP contribution in [0.1, 0.15) is 18.4 Å². The number of amides is 1. The molecule has 0 saturated heterocycles. The lowest BCUT2D eigenvalue weighted by Gasteiger charge is -2.12. The third-order valence-electron chi connectivity index (χ3n) is 2.88. The van der Waals surface area contributed by atoms with Crippen LogP contribution in [0.5, 0.6) is 5.75 Å². The van der Waals surface area contributed by atoms with Gasteiger partial charge in [0.2, 0.25) is 5.91 Å². The van der Waals surface area contributed by atoms with E-state index in [4.69, 9.17) is 10.5 Å². The Morgan fingerprint density at radius 2 is 2.05 bits per heavy atom. The van der Waals surface area contributed by atoms with Crippen molar-refractivity contribution in [1.82, 2.24) is 5.32 Å². The van der Waals surface area contributed by atoms with Crippen LogP contribution in [-0.4, -0.2) is 37.1 Å². The van der Waals surface area contributed by atoms with E-state index in [2.05, 4.69) is 5.32 Å². The van der Waals surface area contributed by atoms with Crippen molar-refractivity contribution in [1.29, 1.82) is 0 Å². The number of hydrogen-bond donors (Lipinski definition) is 2. The van der Waals surface area contributed by atoms with Crippen molar-refractivity contribution in [3.8, 4) is 5.75 Å². The number of halogens is 1. The van der Waals surface area contributed by atoms with Gasteiger partial charge in [-0.25, -0.2) is 0 Å². The van der Waals surface area contributed by atoms with Crippen molar-refractivity contribution in [2.75, 3.05) is 25.2 Å². The van der Waals surface area contributed by atoms with Crippen molar-refractivity contribution < 1.29 is 9.53 Å². The molecule has 6 heteroatoms. The van der Waals surface area contributed by atoms with Gasteiger partial charge in [-0.1, -0.05) is 17.7 Å². The number of thioether (sulfide) groups is 1. The molecule has 1 aromatic carbocycles. The van der Waals surface area contributed by atoms with E-state index in [0.717, 1.165) is 17.9 Å². The Hall–Kier alpha value is -0.910. The van der Waals surface area contributed by atoms with Gasteiger partial charge >= 0.3 is 0 Å². The first-order valence-corrected chi connectivity index (χ1v) is 8.24. The summed E-state index contributed by atoms with van der Waals surface area (Å²) < 4.78 is 5.58. The van der Waals surface area contributed by atoms with Crippen molar-refractivity contribution in [3.63, 3.8) is 0 Å². The number of rotatable bonds is 9. The first-order chi connectivity index (χ1) is 9.63. The highest BCUT2D eigenvalue weighted by Crippen LogP contribution is 2.11. The Morgan fingerprint density at radius 1 is 1.38 bits per heavy atom. The lowest BCUT2D eigenvalue weighted by molar-refractivity contribution is -0.122. The summed E-state index contributed by atoms with van der Waals surface area (Å²) in [4.78, 5) is 11.6. The number of carbonyl (C=O) groups excluding carboxylic acids is 1. The molecule has 1 atom stereocenters. The normalized spacial score (nSPS) is 11.4. The summed E-state index contributed by atoms with van der Waals surface area (Å²) in [7, 11) is 0. The maximum absolute atomic E-state index is 11.6. The van der Waals surface area contributed by atoms with Gasteiger partial charge in [0.05, 0.1) is 12.6 Å². The fourth-order valence-electron chi connectivity index (χ4n) is 1.62. The van der Waals surface area contributed by atoms with E-state index >= 15 is 0 Å². The van der Waals surface area contributed by atoms with Gasteiger partial charge in [-0.15, -0.1) is 12.4 Å².